The number of carboxylic acid groups (broad SMARTS) is 1. The van der Waals surface area contributed by atoms with E-state index < -0.39 is 5.97 Å². The van der Waals surface area contributed by atoms with Crippen LogP contribution in [0.4, 0.5) is 10.3 Å². The number of carbonyl (C=O) groups is 1. The quantitative estimate of drug-likeness (QED) is 0.445. The molecule has 1 fully saturated rings. The predicted molar refractivity (Wildman–Crippen MR) is 136 cm³/mol. The number of pyridine rings is 1. The number of hydrogen-bond acceptors (Lipinski definition) is 5. The summed E-state index contributed by atoms with van der Waals surface area (Å²) in [5.74, 6) is -0.882. The Hall–Kier alpha value is -3.43. The van der Waals surface area contributed by atoms with E-state index in [0.717, 1.165) is 30.5 Å². The van der Waals surface area contributed by atoms with Crippen LogP contribution >= 0.6 is 12.4 Å². The van der Waals surface area contributed by atoms with Crippen LogP contribution in [0.15, 0.2) is 41.2 Å². The SMILES string of the molecule is Cc1ccc(F)cc1Cn1c(N2CCC[C@@H](N)C2)nc2c3cccc(C(=O)O)c3n(C)c(=O)c21.Cl. The highest BCUT2D eigenvalue weighted by Gasteiger charge is 2.27. The summed E-state index contributed by atoms with van der Waals surface area (Å²) in [5.41, 5.74) is 8.67. The Balaban J connectivity index is 0.00000289. The van der Waals surface area contributed by atoms with E-state index in [1.807, 2.05) is 11.5 Å². The molecule has 184 valence electrons. The topological polar surface area (TPSA) is 106 Å². The third-order valence-corrected chi connectivity index (χ3v) is 6.69. The van der Waals surface area contributed by atoms with Crippen LogP contribution in [0.1, 0.15) is 34.3 Å². The summed E-state index contributed by atoms with van der Waals surface area (Å²) in [4.78, 5) is 32.5. The summed E-state index contributed by atoms with van der Waals surface area (Å²) in [6.07, 6.45) is 1.80. The van der Waals surface area contributed by atoms with Crippen molar-refractivity contribution >= 4 is 46.3 Å². The van der Waals surface area contributed by atoms with Crippen molar-refractivity contribution in [2.24, 2.45) is 12.8 Å². The maximum Gasteiger partial charge on any atom is 0.337 e. The standard InChI is InChI=1S/C25H26FN5O3.ClH/c1-14-8-9-16(26)11-15(14)12-31-22-20(28-25(31)30-10-4-5-17(27)13-30)18-6-3-7-19(24(33)34)21(18)29(2)23(22)32;/h3,6-9,11,17H,4-5,10,12-13,27H2,1-2H3,(H,33,34);1H/t17-;/m1./s1. The lowest BCUT2D eigenvalue weighted by Gasteiger charge is -2.32. The van der Waals surface area contributed by atoms with Gasteiger partial charge in [-0.2, -0.15) is 0 Å². The minimum absolute atomic E-state index is 0. The number of para-hydroxylation sites is 1. The molecule has 1 aliphatic rings. The Morgan fingerprint density at radius 1 is 1.26 bits per heavy atom. The molecule has 3 heterocycles. The van der Waals surface area contributed by atoms with Gasteiger partial charge in [0, 0.05) is 31.6 Å². The number of carboxylic acids is 1. The largest absolute Gasteiger partial charge is 0.478 e. The van der Waals surface area contributed by atoms with Crippen LogP contribution < -0.4 is 16.2 Å². The lowest BCUT2D eigenvalue weighted by Crippen LogP contribution is -2.44. The molecule has 0 spiro atoms. The van der Waals surface area contributed by atoms with Crippen LogP contribution in [0.5, 0.6) is 0 Å². The Morgan fingerprint density at radius 3 is 2.74 bits per heavy atom. The van der Waals surface area contributed by atoms with Gasteiger partial charge >= 0.3 is 5.97 Å². The fraction of sp³-hybridized carbons (Fsp3) is 0.320. The summed E-state index contributed by atoms with van der Waals surface area (Å²) in [6.45, 7) is 3.47. The molecule has 35 heavy (non-hydrogen) atoms. The van der Waals surface area contributed by atoms with E-state index in [-0.39, 0.29) is 41.9 Å². The van der Waals surface area contributed by atoms with Gasteiger partial charge < -0.3 is 24.9 Å². The molecule has 10 heteroatoms. The second-order valence-corrected chi connectivity index (χ2v) is 8.99. The summed E-state index contributed by atoms with van der Waals surface area (Å²) in [7, 11) is 1.57. The molecule has 5 rings (SSSR count). The third-order valence-electron chi connectivity index (χ3n) is 6.69. The number of aromatic carboxylic acids is 1. The van der Waals surface area contributed by atoms with E-state index in [1.54, 1.807) is 25.2 Å². The number of nitrogens with two attached hydrogens (primary N) is 1. The average molecular weight is 500 g/mol. The van der Waals surface area contributed by atoms with Gasteiger partial charge in [-0.15, -0.1) is 12.4 Å². The number of anilines is 1. The highest BCUT2D eigenvalue weighted by Crippen LogP contribution is 2.31. The van der Waals surface area contributed by atoms with Crippen molar-refractivity contribution in [2.45, 2.75) is 32.4 Å². The zero-order chi connectivity index (χ0) is 24.1. The molecule has 1 aliphatic heterocycles. The number of aromatic nitrogens is 3. The van der Waals surface area contributed by atoms with Crippen LogP contribution in [0.25, 0.3) is 21.9 Å². The molecule has 0 saturated carbocycles. The fourth-order valence-corrected chi connectivity index (χ4v) is 4.94. The van der Waals surface area contributed by atoms with Gasteiger partial charge in [0.1, 0.15) is 16.9 Å². The van der Waals surface area contributed by atoms with Crippen LogP contribution in [0.3, 0.4) is 0 Å². The molecule has 1 saturated heterocycles. The third kappa shape index (κ3) is 4.15. The Morgan fingerprint density at radius 2 is 2.03 bits per heavy atom. The normalized spacial score (nSPS) is 16.0. The lowest BCUT2D eigenvalue weighted by molar-refractivity contribution is 0.0698. The molecule has 0 aliphatic carbocycles. The van der Waals surface area contributed by atoms with Crippen LogP contribution in [0.2, 0.25) is 0 Å². The summed E-state index contributed by atoms with van der Waals surface area (Å²) < 4.78 is 17.3. The number of fused-ring (bicyclic) bond motifs is 3. The van der Waals surface area contributed by atoms with Crippen molar-refractivity contribution in [3.8, 4) is 0 Å². The van der Waals surface area contributed by atoms with E-state index in [0.29, 0.717) is 34.4 Å². The van der Waals surface area contributed by atoms with E-state index in [4.69, 9.17) is 10.7 Å². The Bertz CT molecular complexity index is 1510. The maximum absolute atomic E-state index is 14.1. The summed E-state index contributed by atoms with van der Waals surface area (Å²) in [6, 6.07) is 9.50. The van der Waals surface area contributed by atoms with Crippen molar-refractivity contribution in [3.05, 3.63) is 69.3 Å². The zero-order valence-corrected chi connectivity index (χ0v) is 20.3. The predicted octanol–water partition coefficient (Wildman–Crippen LogP) is 3.43. The van der Waals surface area contributed by atoms with E-state index >= 15 is 0 Å². The molecule has 2 aromatic carbocycles. The maximum atomic E-state index is 14.1. The zero-order valence-electron chi connectivity index (χ0n) is 19.5. The second-order valence-electron chi connectivity index (χ2n) is 8.99. The van der Waals surface area contributed by atoms with Crippen molar-refractivity contribution < 1.29 is 14.3 Å². The summed E-state index contributed by atoms with van der Waals surface area (Å²) in [5, 5.41) is 10.3. The number of rotatable bonds is 4. The molecule has 2 aromatic heterocycles. The molecule has 0 radical (unpaired) electrons. The van der Waals surface area contributed by atoms with Gasteiger partial charge in [0.25, 0.3) is 5.56 Å². The first-order valence-electron chi connectivity index (χ1n) is 11.3. The summed E-state index contributed by atoms with van der Waals surface area (Å²) >= 11 is 0. The van der Waals surface area contributed by atoms with E-state index in [2.05, 4.69) is 4.90 Å². The smallest absolute Gasteiger partial charge is 0.337 e. The van der Waals surface area contributed by atoms with Crippen molar-refractivity contribution in [1.29, 1.82) is 0 Å². The fourth-order valence-electron chi connectivity index (χ4n) is 4.94. The van der Waals surface area contributed by atoms with Crippen LogP contribution in [-0.4, -0.2) is 44.3 Å². The molecule has 0 unspecified atom stereocenters. The van der Waals surface area contributed by atoms with Crippen molar-refractivity contribution in [3.63, 3.8) is 0 Å². The monoisotopic (exact) mass is 499 g/mol. The van der Waals surface area contributed by atoms with Gasteiger partial charge in [0.05, 0.1) is 17.6 Å². The molecule has 8 nitrogen and oxygen atoms in total. The molecule has 3 N–H and O–H groups in total. The van der Waals surface area contributed by atoms with Gasteiger partial charge in [-0.3, -0.25) is 4.79 Å². The molecule has 0 amide bonds. The van der Waals surface area contributed by atoms with E-state index in [1.165, 1.54) is 22.8 Å². The molecular formula is C25H27ClFN5O3. The van der Waals surface area contributed by atoms with Crippen molar-refractivity contribution in [1.82, 2.24) is 14.1 Å². The average Bonchev–Trinajstić information content (AvgIpc) is 3.19. The second kappa shape index (κ2) is 9.31. The molecular weight excluding hydrogens is 473 g/mol. The van der Waals surface area contributed by atoms with Gasteiger partial charge in [-0.1, -0.05) is 18.2 Å². The number of hydrogen-bond donors (Lipinski definition) is 2. The van der Waals surface area contributed by atoms with Gasteiger partial charge in [-0.25, -0.2) is 14.2 Å². The minimum atomic E-state index is -1.11. The number of nitrogens with zero attached hydrogens (tertiary/aromatic N) is 4. The first kappa shape index (κ1) is 24.7. The minimum Gasteiger partial charge on any atom is -0.478 e. The van der Waals surface area contributed by atoms with Crippen LogP contribution in [-0.2, 0) is 13.6 Å². The number of aryl methyl sites for hydroxylation is 2. The number of halogens is 2. The number of benzene rings is 2. The van der Waals surface area contributed by atoms with Crippen LogP contribution in [0, 0.1) is 12.7 Å². The Labute approximate surface area is 207 Å². The van der Waals surface area contributed by atoms with Gasteiger partial charge in [0.2, 0.25) is 5.95 Å². The highest BCUT2D eigenvalue weighted by atomic mass is 35.5. The highest BCUT2D eigenvalue weighted by molar-refractivity contribution is 6.10. The molecule has 0 bridgehead atoms. The Kier molecular flexibility index (Phi) is 6.57. The molecule has 4 aromatic rings. The number of piperidine rings is 1. The number of imidazole rings is 1. The van der Waals surface area contributed by atoms with E-state index in [9.17, 15) is 19.1 Å². The first-order chi connectivity index (χ1) is 16.3. The molecule has 1 atom stereocenters. The van der Waals surface area contributed by atoms with Gasteiger partial charge in [0.15, 0.2) is 0 Å². The van der Waals surface area contributed by atoms with Crippen molar-refractivity contribution in [2.75, 3.05) is 18.0 Å². The lowest BCUT2D eigenvalue weighted by atomic mass is 10.1. The van der Waals surface area contributed by atoms with Gasteiger partial charge in [-0.05, 0) is 49.1 Å². The first-order valence-corrected chi connectivity index (χ1v) is 11.3.